The van der Waals surface area contributed by atoms with Crippen molar-refractivity contribution in [2.24, 2.45) is 11.8 Å². The van der Waals surface area contributed by atoms with Crippen LogP contribution in [0, 0.1) is 11.8 Å². The van der Waals surface area contributed by atoms with E-state index in [1.165, 1.54) is 0 Å². The van der Waals surface area contributed by atoms with Crippen molar-refractivity contribution >= 4 is 5.97 Å². The van der Waals surface area contributed by atoms with Gasteiger partial charge in [-0.1, -0.05) is 19.8 Å². The summed E-state index contributed by atoms with van der Waals surface area (Å²) in [7, 11) is 0. The number of nitrogens with zero attached hydrogens (tertiary/aromatic N) is 4. The Morgan fingerprint density at radius 2 is 2.35 bits per heavy atom. The molecule has 1 aromatic heterocycles. The molecule has 0 radical (unpaired) electrons. The number of nitrogens with one attached hydrogen (secondary N) is 1. The van der Waals surface area contributed by atoms with Crippen LogP contribution in [0.4, 0.5) is 0 Å². The van der Waals surface area contributed by atoms with E-state index < -0.39 is 5.97 Å². The Morgan fingerprint density at radius 1 is 1.50 bits per heavy atom. The van der Waals surface area contributed by atoms with E-state index in [0.717, 1.165) is 51.0 Å². The number of carboxylic acids is 1. The maximum atomic E-state index is 11.1. The second-order valence-corrected chi connectivity index (χ2v) is 5.44. The van der Waals surface area contributed by atoms with Gasteiger partial charge < -0.3 is 10.4 Å². The second kappa shape index (κ2) is 7.33. The minimum absolute atomic E-state index is 0.196. The monoisotopic (exact) mass is 281 g/mol. The molecule has 20 heavy (non-hydrogen) atoms. The van der Waals surface area contributed by atoms with Gasteiger partial charge in [0.15, 0.2) is 5.82 Å². The van der Waals surface area contributed by atoms with Crippen LogP contribution in [0.2, 0.25) is 0 Å². The summed E-state index contributed by atoms with van der Waals surface area (Å²) >= 11 is 0. The summed E-state index contributed by atoms with van der Waals surface area (Å²) in [6, 6.07) is 0. The van der Waals surface area contributed by atoms with Crippen LogP contribution in [0.1, 0.15) is 44.9 Å². The number of hydrogen-bond acceptors (Lipinski definition) is 5. The van der Waals surface area contributed by atoms with Crippen LogP contribution < -0.4 is 5.32 Å². The number of rotatable bonds is 8. The maximum absolute atomic E-state index is 11.1. The standard InChI is InChI=1S/C13H23N5O2/c1-2-3-7-18-12(15-16-17-18)9-14-8-10-5-4-6-11(10)13(19)20/h10-11,14H,2-9H2,1H3,(H,19,20). The zero-order valence-electron chi connectivity index (χ0n) is 12.0. The average Bonchev–Trinajstić information content (AvgIpc) is 3.05. The first-order valence-corrected chi connectivity index (χ1v) is 7.41. The second-order valence-electron chi connectivity index (χ2n) is 5.44. The van der Waals surface area contributed by atoms with Gasteiger partial charge in [0, 0.05) is 6.54 Å². The van der Waals surface area contributed by atoms with Gasteiger partial charge in [0.05, 0.1) is 12.5 Å². The molecule has 2 unspecified atom stereocenters. The maximum Gasteiger partial charge on any atom is 0.306 e. The molecule has 112 valence electrons. The molecule has 2 atom stereocenters. The van der Waals surface area contributed by atoms with Gasteiger partial charge in [-0.2, -0.15) is 0 Å². The Labute approximate surface area is 118 Å². The lowest BCUT2D eigenvalue weighted by Gasteiger charge is -2.16. The van der Waals surface area contributed by atoms with Crippen LogP contribution in [0.15, 0.2) is 0 Å². The van der Waals surface area contributed by atoms with Crippen molar-refractivity contribution in [3.8, 4) is 0 Å². The van der Waals surface area contributed by atoms with Crippen LogP contribution in [0.5, 0.6) is 0 Å². The predicted octanol–water partition coefficient (Wildman–Crippen LogP) is 1.06. The summed E-state index contributed by atoms with van der Waals surface area (Å²) in [4.78, 5) is 11.1. The Kier molecular flexibility index (Phi) is 5.46. The summed E-state index contributed by atoms with van der Waals surface area (Å²) in [5.74, 6) is 0.191. The smallest absolute Gasteiger partial charge is 0.306 e. The summed E-state index contributed by atoms with van der Waals surface area (Å²) < 4.78 is 1.82. The Bertz CT molecular complexity index is 434. The minimum Gasteiger partial charge on any atom is -0.481 e. The first kappa shape index (κ1) is 14.9. The van der Waals surface area contributed by atoms with Crippen molar-refractivity contribution in [2.45, 2.75) is 52.1 Å². The molecular weight excluding hydrogens is 258 g/mol. The lowest BCUT2D eigenvalue weighted by Crippen LogP contribution is -2.29. The van der Waals surface area contributed by atoms with Crippen LogP contribution in [-0.4, -0.2) is 37.8 Å². The molecule has 1 aromatic rings. The fraction of sp³-hybridized carbons (Fsp3) is 0.846. The molecule has 0 spiro atoms. The van der Waals surface area contributed by atoms with Crippen molar-refractivity contribution in [3.05, 3.63) is 5.82 Å². The molecule has 0 saturated heterocycles. The first-order valence-electron chi connectivity index (χ1n) is 7.41. The third-order valence-electron chi connectivity index (χ3n) is 4.00. The molecule has 1 fully saturated rings. The zero-order chi connectivity index (χ0) is 14.4. The molecule has 2 N–H and O–H groups in total. The number of aryl methyl sites for hydroxylation is 1. The fourth-order valence-electron chi connectivity index (χ4n) is 2.81. The highest BCUT2D eigenvalue weighted by atomic mass is 16.4. The molecule has 0 amide bonds. The van der Waals surface area contributed by atoms with Gasteiger partial charge in [-0.3, -0.25) is 4.79 Å². The summed E-state index contributed by atoms with van der Waals surface area (Å²) in [5, 5.41) is 24.1. The third-order valence-corrected chi connectivity index (χ3v) is 4.00. The number of carbonyl (C=O) groups is 1. The average molecular weight is 281 g/mol. The Balaban J connectivity index is 1.78. The lowest BCUT2D eigenvalue weighted by atomic mass is 9.96. The largest absolute Gasteiger partial charge is 0.481 e. The van der Waals surface area contributed by atoms with Crippen molar-refractivity contribution in [2.75, 3.05) is 6.54 Å². The fourth-order valence-corrected chi connectivity index (χ4v) is 2.81. The van der Waals surface area contributed by atoms with Crippen LogP contribution in [0.25, 0.3) is 0 Å². The van der Waals surface area contributed by atoms with E-state index in [-0.39, 0.29) is 11.8 Å². The molecular formula is C13H23N5O2. The topological polar surface area (TPSA) is 92.9 Å². The molecule has 1 aliphatic carbocycles. The minimum atomic E-state index is -0.665. The SMILES string of the molecule is CCCCn1nnnc1CNCC1CCCC1C(=O)O. The van der Waals surface area contributed by atoms with Gasteiger partial charge in [0.1, 0.15) is 0 Å². The normalized spacial score (nSPS) is 22.2. The molecule has 7 nitrogen and oxygen atoms in total. The van der Waals surface area contributed by atoms with Gasteiger partial charge >= 0.3 is 5.97 Å². The zero-order valence-corrected chi connectivity index (χ0v) is 12.0. The van der Waals surface area contributed by atoms with E-state index in [1.54, 1.807) is 0 Å². The molecule has 1 heterocycles. The highest BCUT2D eigenvalue weighted by Gasteiger charge is 2.32. The Hall–Kier alpha value is -1.50. The van der Waals surface area contributed by atoms with Gasteiger partial charge in [-0.15, -0.1) is 5.10 Å². The highest BCUT2D eigenvalue weighted by Crippen LogP contribution is 2.31. The third kappa shape index (κ3) is 3.75. The number of tetrazole rings is 1. The molecule has 1 aliphatic rings. The van der Waals surface area contributed by atoms with Crippen molar-refractivity contribution in [1.29, 1.82) is 0 Å². The van der Waals surface area contributed by atoms with Crippen molar-refractivity contribution in [1.82, 2.24) is 25.5 Å². The van der Waals surface area contributed by atoms with Crippen LogP contribution in [-0.2, 0) is 17.9 Å². The molecule has 0 bridgehead atoms. The number of aromatic nitrogens is 4. The van der Waals surface area contributed by atoms with Crippen molar-refractivity contribution < 1.29 is 9.90 Å². The number of unbranched alkanes of at least 4 members (excludes halogenated alkanes) is 1. The van der Waals surface area contributed by atoms with E-state index in [0.29, 0.717) is 6.54 Å². The first-order chi connectivity index (χ1) is 9.72. The summed E-state index contributed by atoms with van der Waals surface area (Å²) in [6.45, 7) is 4.28. The van der Waals surface area contributed by atoms with Gasteiger partial charge in [0.25, 0.3) is 0 Å². The van der Waals surface area contributed by atoms with Gasteiger partial charge in [-0.25, -0.2) is 4.68 Å². The molecule has 7 heteroatoms. The van der Waals surface area contributed by atoms with Crippen molar-refractivity contribution in [3.63, 3.8) is 0 Å². The molecule has 1 saturated carbocycles. The number of hydrogen-bond donors (Lipinski definition) is 2. The van der Waals surface area contributed by atoms with Gasteiger partial charge in [-0.05, 0) is 42.2 Å². The van der Waals surface area contributed by atoms with E-state index >= 15 is 0 Å². The predicted molar refractivity (Wildman–Crippen MR) is 72.9 cm³/mol. The quantitative estimate of drug-likeness (QED) is 0.740. The lowest BCUT2D eigenvalue weighted by molar-refractivity contribution is -0.142. The van der Waals surface area contributed by atoms with E-state index in [2.05, 4.69) is 27.8 Å². The summed E-state index contributed by atoms with van der Waals surface area (Å²) in [6.07, 6.45) is 4.97. The van der Waals surface area contributed by atoms with Gasteiger partial charge in [0.2, 0.25) is 0 Å². The molecule has 0 aromatic carbocycles. The molecule has 2 rings (SSSR count). The molecule has 0 aliphatic heterocycles. The number of carboxylic acid groups (broad SMARTS) is 1. The van der Waals surface area contributed by atoms with E-state index in [9.17, 15) is 4.79 Å². The summed E-state index contributed by atoms with van der Waals surface area (Å²) in [5.41, 5.74) is 0. The Morgan fingerprint density at radius 3 is 3.10 bits per heavy atom. The number of aliphatic carboxylic acids is 1. The van der Waals surface area contributed by atoms with Crippen LogP contribution >= 0.6 is 0 Å². The van der Waals surface area contributed by atoms with E-state index in [1.807, 2.05) is 4.68 Å². The van der Waals surface area contributed by atoms with E-state index in [4.69, 9.17) is 5.11 Å². The van der Waals surface area contributed by atoms with Crippen LogP contribution in [0.3, 0.4) is 0 Å². The highest BCUT2D eigenvalue weighted by molar-refractivity contribution is 5.70.